The van der Waals surface area contributed by atoms with Crippen molar-refractivity contribution in [2.75, 3.05) is 0 Å². The Bertz CT molecular complexity index is 1160. The number of hydrogen-bond donors (Lipinski definition) is 0. The average Bonchev–Trinajstić information content (AvgIpc) is 3.42. The van der Waals surface area contributed by atoms with Gasteiger partial charge in [-0.1, -0.05) is 106 Å². The minimum atomic E-state index is 0.0402. The molecular formula is C46H74O2. The van der Waals surface area contributed by atoms with Gasteiger partial charge in [0.1, 0.15) is 6.10 Å². The normalized spacial score (nSPS) is 32.2. The molecule has 2 nitrogen and oxygen atoms in total. The van der Waals surface area contributed by atoms with Crippen molar-refractivity contribution in [3.8, 4) is 0 Å². The molecule has 2 heteroatoms. The zero-order valence-corrected chi connectivity index (χ0v) is 32.5. The molecule has 0 N–H and O–H groups in total. The zero-order valence-electron chi connectivity index (χ0n) is 32.5. The van der Waals surface area contributed by atoms with Gasteiger partial charge in [0.25, 0.3) is 0 Å². The van der Waals surface area contributed by atoms with E-state index in [9.17, 15) is 4.79 Å². The first-order chi connectivity index (χ1) is 23.1. The van der Waals surface area contributed by atoms with Crippen LogP contribution in [0.4, 0.5) is 0 Å². The molecule has 4 aliphatic carbocycles. The summed E-state index contributed by atoms with van der Waals surface area (Å²) in [5, 5.41) is 0. The number of unbranched alkanes of at least 4 members (excludes halogenated alkanes) is 5. The van der Waals surface area contributed by atoms with Crippen molar-refractivity contribution in [1.29, 1.82) is 0 Å². The molecule has 8 atom stereocenters. The molecule has 0 amide bonds. The van der Waals surface area contributed by atoms with E-state index in [1.165, 1.54) is 82.6 Å². The van der Waals surface area contributed by atoms with Gasteiger partial charge in [-0.05, 0) is 158 Å². The standard InChI is InChI=1S/C46H74O2/c1-8-9-10-11-12-13-14-15-16-17-18-19-20-21-22-23-44(47)48-39-30-32-45(6)38(34-39)26-27-40-42-29-28-41(46(42,7)33-31-43(40)45)37(5)25-24-36(4)35(2)3/h9-10,12-13,15-16,26,37,39-43H,8,11,14,17-25,27-34H2,1-7H3/b10-9-,13-12-,16-15-/t37-,39+,40+,41-,42+,43+,45+,46-/m1/s1. The van der Waals surface area contributed by atoms with E-state index >= 15 is 0 Å². The third-order valence-electron chi connectivity index (χ3n) is 14.0. The third kappa shape index (κ3) is 10.1. The lowest BCUT2D eigenvalue weighted by Crippen LogP contribution is -2.51. The highest BCUT2D eigenvalue weighted by Crippen LogP contribution is 2.67. The largest absolute Gasteiger partial charge is 0.462 e. The molecule has 3 saturated carbocycles. The molecule has 0 aliphatic heterocycles. The van der Waals surface area contributed by atoms with Crippen molar-refractivity contribution < 1.29 is 9.53 Å². The second-order valence-corrected chi connectivity index (χ2v) is 17.2. The van der Waals surface area contributed by atoms with Crippen molar-refractivity contribution in [2.24, 2.45) is 40.4 Å². The highest BCUT2D eigenvalue weighted by molar-refractivity contribution is 5.69. The van der Waals surface area contributed by atoms with Crippen molar-refractivity contribution in [1.82, 2.24) is 0 Å². The Morgan fingerprint density at radius 1 is 0.854 bits per heavy atom. The van der Waals surface area contributed by atoms with E-state index in [2.05, 4.69) is 91.0 Å². The van der Waals surface area contributed by atoms with Crippen LogP contribution in [0.3, 0.4) is 0 Å². The van der Waals surface area contributed by atoms with Gasteiger partial charge in [-0.2, -0.15) is 0 Å². The molecule has 0 heterocycles. The lowest BCUT2D eigenvalue weighted by Gasteiger charge is -2.58. The molecule has 270 valence electrons. The van der Waals surface area contributed by atoms with Crippen LogP contribution in [0, 0.1) is 40.4 Å². The minimum absolute atomic E-state index is 0.0402. The van der Waals surface area contributed by atoms with E-state index in [1.807, 2.05) is 0 Å². The monoisotopic (exact) mass is 659 g/mol. The van der Waals surface area contributed by atoms with Crippen molar-refractivity contribution >= 4 is 5.97 Å². The Morgan fingerprint density at radius 3 is 2.31 bits per heavy atom. The van der Waals surface area contributed by atoms with Crippen molar-refractivity contribution in [2.45, 2.75) is 183 Å². The number of esters is 1. The van der Waals surface area contributed by atoms with Gasteiger partial charge in [0.15, 0.2) is 0 Å². The van der Waals surface area contributed by atoms with Crippen LogP contribution in [0.15, 0.2) is 59.3 Å². The fourth-order valence-electron chi connectivity index (χ4n) is 10.7. The molecule has 0 aromatic heterocycles. The van der Waals surface area contributed by atoms with Gasteiger partial charge in [0, 0.05) is 12.8 Å². The Labute approximate surface area is 297 Å². The maximum Gasteiger partial charge on any atom is 0.306 e. The van der Waals surface area contributed by atoms with E-state index in [0.717, 1.165) is 74.5 Å². The first-order valence-corrected chi connectivity index (χ1v) is 20.6. The lowest BCUT2D eigenvalue weighted by atomic mass is 9.47. The summed E-state index contributed by atoms with van der Waals surface area (Å²) in [6, 6.07) is 0. The second-order valence-electron chi connectivity index (χ2n) is 17.2. The molecule has 3 fully saturated rings. The minimum Gasteiger partial charge on any atom is -0.462 e. The molecular weight excluding hydrogens is 585 g/mol. The van der Waals surface area contributed by atoms with E-state index in [-0.39, 0.29) is 12.1 Å². The number of carbonyl (C=O) groups excluding carboxylic acids is 1. The van der Waals surface area contributed by atoms with Crippen molar-refractivity contribution in [3.05, 3.63) is 59.3 Å². The molecule has 48 heavy (non-hydrogen) atoms. The first-order valence-electron chi connectivity index (χ1n) is 20.6. The van der Waals surface area contributed by atoms with E-state index in [4.69, 9.17) is 4.74 Å². The molecule has 0 aromatic carbocycles. The molecule has 4 aliphatic rings. The summed E-state index contributed by atoms with van der Waals surface area (Å²) in [5.74, 6) is 4.31. The number of allylic oxidation sites excluding steroid dienone is 9. The van der Waals surface area contributed by atoms with Crippen LogP contribution < -0.4 is 0 Å². The maximum absolute atomic E-state index is 12.8. The predicted molar refractivity (Wildman–Crippen MR) is 207 cm³/mol. The molecule has 0 aromatic rings. The topological polar surface area (TPSA) is 26.3 Å². The number of fused-ring (bicyclic) bond motifs is 5. The lowest BCUT2D eigenvalue weighted by molar-refractivity contribution is -0.151. The van der Waals surface area contributed by atoms with Crippen LogP contribution in [-0.4, -0.2) is 12.1 Å². The molecule has 0 bridgehead atoms. The fraction of sp³-hybridized carbons (Fsp3) is 0.761. The van der Waals surface area contributed by atoms with E-state index < -0.39 is 0 Å². The molecule has 0 saturated heterocycles. The number of hydrogen-bond acceptors (Lipinski definition) is 2. The molecule has 0 radical (unpaired) electrons. The Hall–Kier alpha value is -1.83. The Kier molecular flexibility index (Phi) is 15.4. The van der Waals surface area contributed by atoms with Crippen LogP contribution in [-0.2, 0) is 9.53 Å². The number of ether oxygens (including phenoxy) is 1. The van der Waals surface area contributed by atoms with Crippen LogP contribution in [0.2, 0.25) is 0 Å². The Balaban J connectivity index is 1.15. The highest BCUT2D eigenvalue weighted by Gasteiger charge is 2.59. The molecule has 0 unspecified atom stereocenters. The highest BCUT2D eigenvalue weighted by atomic mass is 16.5. The third-order valence-corrected chi connectivity index (χ3v) is 14.0. The summed E-state index contributed by atoms with van der Waals surface area (Å²) >= 11 is 0. The maximum atomic E-state index is 12.8. The summed E-state index contributed by atoms with van der Waals surface area (Å²) < 4.78 is 6.12. The van der Waals surface area contributed by atoms with Crippen LogP contribution in [0.1, 0.15) is 177 Å². The molecule has 4 rings (SSSR count). The van der Waals surface area contributed by atoms with Gasteiger partial charge < -0.3 is 4.74 Å². The van der Waals surface area contributed by atoms with Gasteiger partial charge >= 0.3 is 5.97 Å². The van der Waals surface area contributed by atoms with Crippen molar-refractivity contribution in [3.63, 3.8) is 0 Å². The first kappa shape index (κ1) is 39.0. The zero-order chi connectivity index (χ0) is 34.6. The van der Waals surface area contributed by atoms with Gasteiger partial charge in [0.2, 0.25) is 0 Å². The van der Waals surface area contributed by atoms with Gasteiger partial charge in [-0.15, -0.1) is 0 Å². The van der Waals surface area contributed by atoms with Crippen LogP contribution >= 0.6 is 0 Å². The summed E-state index contributed by atoms with van der Waals surface area (Å²) in [7, 11) is 0. The number of rotatable bonds is 18. The summed E-state index contributed by atoms with van der Waals surface area (Å²) in [6.45, 7) is 16.9. The van der Waals surface area contributed by atoms with Gasteiger partial charge in [-0.3, -0.25) is 4.79 Å². The van der Waals surface area contributed by atoms with Gasteiger partial charge in [0.05, 0.1) is 0 Å². The fourth-order valence-corrected chi connectivity index (χ4v) is 10.7. The summed E-state index contributed by atoms with van der Waals surface area (Å²) in [4.78, 5) is 12.8. The quantitative estimate of drug-likeness (QED) is 0.0832. The average molecular weight is 659 g/mol. The molecule has 0 spiro atoms. The van der Waals surface area contributed by atoms with Gasteiger partial charge in [-0.25, -0.2) is 0 Å². The predicted octanol–water partition coefficient (Wildman–Crippen LogP) is 13.8. The van der Waals surface area contributed by atoms with E-state index in [1.54, 1.807) is 11.1 Å². The Morgan fingerprint density at radius 2 is 1.56 bits per heavy atom. The van der Waals surface area contributed by atoms with Crippen LogP contribution in [0.5, 0.6) is 0 Å². The summed E-state index contributed by atoms with van der Waals surface area (Å²) in [5.41, 5.74) is 5.58. The van der Waals surface area contributed by atoms with Crippen LogP contribution in [0.25, 0.3) is 0 Å². The SMILES string of the molecule is CC/C=C\C/C=C\C/C=C\CCCCCCCC(=O)O[C@H]1CC[C@@]2(C)C(=CC[C@H]3[C@@H]4CC[C@H]([C@H](C)CCC(C)=C(C)C)[C@@]4(C)CC[C@@H]32)C1. The summed E-state index contributed by atoms with van der Waals surface area (Å²) in [6.07, 6.45) is 39.9. The second kappa shape index (κ2) is 19.0. The number of carbonyl (C=O) groups is 1. The van der Waals surface area contributed by atoms with E-state index in [0.29, 0.717) is 17.3 Å². The smallest absolute Gasteiger partial charge is 0.306 e.